The Balaban J connectivity index is 2.01. The quantitative estimate of drug-likeness (QED) is 0.807. The summed E-state index contributed by atoms with van der Waals surface area (Å²) in [7, 11) is -2.92. The average Bonchev–Trinajstić information content (AvgIpc) is 2.26. The molecule has 2 rings (SSSR count). The standard InChI is InChI=1S/C12H15NO5S/c13-11(5-12(14)15)8-2-1-3-9(4-8)18-10-6-19(16,17)7-10/h1-4,10-11H,5-7,13H2,(H,14,15). The van der Waals surface area contributed by atoms with Crippen molar-refractivity contribution in [1.82, 2.24) is 0 Å². The van der Waals surface area contributed by atoms with Crippen LogP contribution < -0.4 is 10.5 Å². The zero-order chi connectivity index (χ0) is 14.0. The highest BCUT2D eigenvalue weighted by molar-refractivity contribution is 7.92. The molecule has 1 aromatic rings. The highest BCUT2D eigenvalue weighted by atomic mass is 32.2. The van der Waals surface area contributed by atoms with Crippen LogP contribution in [0.1, 0.15) is 18.0 Å². The molecule has 6 nitrogen and oxygen atoms in total. The lowest BCUT2D eigenvalue weighted by Crippen LogP contribution is -2.45. The summed E-state index contributed by atoms with van der Waals surface area (Å²) in [5, 5.41) is 8.69. The lowest BCUT2D eigenvalue weighted by molar-refractivity contribution is -0.137. The number of carbonyl (C=O) groups is 1. The summed E-state index contributed by atoms with van der Waals surface area (Å²) in [5.74, 6) is -0.404. The maximum absolute atomic E-state index is 11.0. The Kier molecular flexibility index (Phi) is 3.77. The summed E-state index contributed by atoms with van der Waals surface area (Å²) >= 11 is 0. The van der Waals surface area contributed by atoms with E-state index in [1.807, 2.05) is 0 Å². The zero-order valence-corrected chi connectivity index (χ0v) is 11.0. The summed E-state index contributed by atoms with van der Waals surface area (Å²) in [6.45, 7) is 0. The second-order valence-corrected chi connectivity index (χ2v) is 6.75. The lowest BCUT2D eigenvalue weighted by atomic mass is 10.0. The molecule has 7 heteroatoms. The first kappa shape index (κ1) is 13.8. The van der Waals surface area contributed by atoms with Gasteiger partial charge in [-0.05, 0) is 17.7 Å². The summed E-state index contributed by atoms with van der Waals surface area (Å²) < 4.78 is 27.5. The van der Waals surface area contributed by atoms with Gasteiger partial charge in [0.15, 0.2) is 9.84 Å². The number of aliphatic carboxylic acids is 1. The van der Waals surface area contributed by atoms with Crippen LogP contribution >= 0.6 is 0 Å². The smallest absolute Gasteiger partial charge is 0.305 e. The predicted molar refractivity (Wildman–Crippen MR) is 68.7 cm³/mol. The zero-order valence-electron chi connectivity index (χ0n) is 10.2. The first-order chi connectivity index (χ1) is 8.85. The van der Waals surface area contributed by atoms with Crippen LogP contribution in [0.2, 0.25) is 0 Å². The molecular formula is C12H15NO5S. The van der Waals surface area contributed by atoms with Crippen molar-refractivity contribution in [3.8, 4) is 5.75 Å². The topological polar surface area (TPSA) is 107 Å². The maximum Gasteiger partial charge on any atom is 0.305 e. The molecule has 1 fully saturated rings. The van der Waals surface area contributed by atoms with Crippen molar-refractivity contribution in [2.24, 2.45) is 5.73 Å². The van der Waals surface area contributed by atoms with Crippen molar-refractivity contribution >= 4 is 15.8 Å². The van der Waals surface area contributed by atoms with Gasteiger partial charge in [0, 0.05) is 6.04 Å². The number of ether oxygens (including phenoxy) is 1. The van der Waals surface area contributed by atoms with Gasteiger partial charge in [0.25, 0.3) is 0 Å². The van der Waals surface area contributed by atoms with Gasteiger partial charge in [-0.1, -0.05) is 12.1 Å². The molecule has 3 N–H and O–H groups in total. The fourth-order valence-corrected chi connectivity index (χ4v) is 3.07. The Hall–Kier alpha value is -1.60. The molecule has 1 unspecified atom stereocenters. The van der Waals surface area contributed by atoms with Crippen LogP contribution in [0, 0.1) is 0 Å². The van der Waals surface area contributed by atoms with E-state index in [2.05, 4.69) is 0 Å². The molecule has 1 aromatic carbocycles. The van der Waals surface area contributed by atoms with Gasteiger partial charge in [0.1, 0.15) is 11.9 Å². The number of carboxylic acids is 1. The van der Waals surface area contributed by atoms with E-state index in [4.69, 9.17) is 15.6 Å². The van der Waals surface area contributed by atoms with Gasteiger partial charge in [0.05, 0.1) is 17.9 Å². The van der Waals surface area contributed by atoms with Crippen molar-refractivity contribution in [1.29, 1.82) is 0 Å². The first-order valence-electron chi connectivity index (χ1n) is 5.80. The largest absolute Gasteiger partial charge is 0.488 e. The monoisotopic (exact) mass is 285 g/mol. The molecule has 1 saturated heterocycles. The van der Waals surface area contributed by atoms with E-state index in [1.54, 1.807) is 24.3 Å². The SMILES string of the molecule is NC(CC(=O)O)c1cccc(OC2CS(=O)(=O)C2)c1. The van der Waals surface area contributed by atoms with Gasteiger partial charge in [-0.15, -0.1) is 0 Å². The Morgan fingerprint density at radius 2 is 2.16 bits per heavy atom. The normalized spacial score (nSPS) is 19.4. The van der Waals surface area contributed by atoms with Crippen molar-refractivity contribution in [3.05, 3.63) is 29.8 Å². The molecule has 1 atom stereocenters. The number of carboxylic acid groups (broad SMARTS) is 1. The first-order valence-corrected chi connectivity index (χ1v) is 7.62. The van der Waals surface area contributed by atoms with E-state index >= 15 is 0 Å². The molecule has 104 valence electrons. The lowest BCUT2D eigenvalue weighted by Gasteiger charge is -2.26. The minimum atomic E-state index is -2.92. The van der Waals surface area contributed by atoms with Gasteiger partial charge in [-0.3, -0.25) is 4.79 Å². The minimum absolute atomic E-state index is 0.0262. The second kappa shape index (κ2) is 5.18. The second-order valence-electron chi connectivity index (χ2n) is 4.59. The third-order valence-electron chi connectivity index (χ3n) is 2.86. The van der Waals surface area contributed by atoms with E-state index in [0.717, 1.165) is 0 Å². The van der Waals surface area contributed by atoms with Gasteiger partial charge in [-0.2, -0.15) is 0 Å². The number of sulfone groups is 1. The van der Waals surface area contributed by atoms with Crippen molar-refractivity contribution in [2.75, 3.05) is 11.5 Å². The van der Waals surface area contributed by atoms with Crippen LogP contribution in [-0.4, -0.2) is 37.1 Å². The van der Waals surface area contributed by atoms with Gasteiger partial charge < -0.3 is 15.6 Å². The molecule has 19 heavy (non-hydrogen) atoms. The van der Waals surface area contributed by atoms with E-state index in [-0.39, 0.29) is 24.0 Å². The minimum Gasteiger partial charge on any atom is -0.488 e. The van der Waals surface area contributed by atoms with Gasteiger partial charge in [0.2, 0.25) is 0 Å². The molecule has 0 bridgehead atoms. The van der Waals surface area contributed by atoms with Crippen molar-refractivity contribution in [3.63, 3.8) is 0 Å². The summed E-state index contributed by atoms with van der Waals surface area (Å²) in [6, 6.07) is 6.17. The highest BCUT2D eigenvalue weighted by Gasteiger charge is 2.35. The van der Waals surface area contributed by atoms with Gasteiger partial charge in [-0.25, -0.2) is 8.42 Å². The van der Waals surface area contributed by atoms with E-state index in [9.17, 15) is 13.2 Å². The number of benzene rings is 1. The highest BCUT2D eigenvalue weighted by Crippen LogP contribution is 2.23. The number of hydrogen-bond acceptors (Lipinski definition) is 5. The molecule has 0 spiro atoms. The molecule has 0 aromatic heterocycles. The van der Waals surface area contributed by atoms with Crippen LogP contribution in [0.4, 0.5) is 0 Å². The molecule has 1 aliphatic rings. The van der Waals surface area contributed by atoms with E-state index in [1.165, 1.54) is 0 Å². The number of nitrogens with two attached hydrogens (primary N) is 1. The summed E-state index contributed by atoms with van der Waals surface area (Å²) in [4.78, 5) is 10.6. The number of hydrogen-bond donors (Lipinski definition) is 2. The average molecular weight is 285 g/mol. The van der Waals surface area contributed by atoms with Crippen LogP contribution in [0.3, 0.4) is 0 Å². The van der Waals surface area contributed by atoms with Crippen molar-refractivity contribution in [2.45, 2.75) is 18.6 Å². The third kappa shape index (κ3) is 3.68. The molecule has 0 radical (unpaired) electrons. The Labute approximate surface area is 111 Å². The van der Waals surface area contributed by atoms with Crippen LogP contribution in [0.15, 0.2) is 24.3 Å². The summed E-state index contributed by atoms with van der Waals surface area (Å²) in [5.41, 5.74) is 6.41. The fraction of sp³-hybridized carbons (Fsp3) is 0.417. The molecule has 1 aliphatic heterocycles. The fourth-order valence-electron chi connectivity index (χ4n) is 1.90. The van der Waals surface area contributed by atoms with E-state index < -0.39 is 21.8 Å². The number of rotatable bonds is 5. The molecule has 1 heterocycles. The molecule has 0 amide bonds. The molecule has 0 aliphatic carbocycles. The van der Waals surface area contributed by atoms with Crippen LogP contribution in [0.5, 0.6) is 5.75 Å². The Bertz CT molecular complexity index is 572. The maximum atomic E-state index is 11.0. The predicted octanol–water partition coefficient (Wildman–Crippen LogP) is 0.337. The van der Waals surface area contributed by atoms with Crippen LogP contribution in [0.25, 0.3) is 0 Å². The molecule has 0 saturated carbocycles. The van der Waals surface area contributed by atoms with Gasteiger partial charge >= 0.3 is 5.97 Å². The Morgan fingerprint density at radius 1 is 1.47 bits per heavy atom. The van der Waals surface area contributed by atoms with Crippen molar-refractivity contribution < 1.29 is 23.1 Å². The third-order valence-corrected chi connectivity index (χ3v) is 4.62. The summed E-state index contributed by atoms with van der Waals surface area (Å²) in [6.07, 6.45) is -0.489. The van der Waals surface area contributed by atoms with E-state index in [0.29, 0.717) is 11.3 Å². The van der Waals surface area contributed by atoms with Crippen LogP contribution in [-0.2, 0) is 14.6 Å². The molecular weight excluding hydrogens is 270 g/mol. The Morgan fingerprint density at radius 3 is 2.74 bits per heavy atom.